The number of halogens is 1. The Morgan fingerprint density at radius 1 is 1.29 bits per heavy atom. The first-order valence-electron chi connectivity index (χ1n) is 9.76. The predicted octanol–water partition coefficient (Wildman–Crippen LogP) is 2.99. The average molecular weight is 385 g/mol. The minimum Gasteiger partial charge on any atom is -0.481 e. The molecule has 2 aliphatic rings. The lowest BCUT2D eigenvalue weighted by Crippen LogP contribution is -2.45. The molecule has 2 unspecified atom stereocenters. The van der Waals surface area contributed by atoms with Gasteiger partial charge in [0.1, 0.15) is 11.5 Å². The van der Waals surface area contributed by atoms with Crippen LogP contribution in [-0.2, 0) is 17.6 Å². The number of carboxylic acids is 1. The van der Waals surface area contributed by atoms with Gasteiger partial charge in [0.25, 0.3) is 5.91 Å². The van der Waals surface area contributed by atoms with E-state index in [1.54, 1.807) is 15.6 Å². The number of aryl methyl sites for hydroxylation is 1. The highest BCUT2D eigenvalue weighted by Gasteiger charge is 2.36. The molecule has 1 aliphatic carbocycles. The Hall–Kier alpha value is -2.70. The summed E-state index contributed by atoms with van der Waals surface area (Å²) < 4.78 is 16.1. The first-order chi connectivity index (χ1) is 13.4. The fourth-order valence-electron chi connectivity index (χ4n) is 4.53. The lowest BCUT2D eigenvalue weighted by atomic mass is 9.87. The molecule has 1 N–H and O–H groups in total. The maximum atomic E-state index is 14.5. The summed E-state index contributed by atoms with van der Waals surface area (Å²) in [6.45, 7) is 4.50. The Morgan fingerprint density at radius 2 is 2.07 bits per heavy atom. The quantitative estimate of drug-likeness (QED) is 0.881. The molecule has 7 heteroatoms. The fraction of sp³-hybridized carbons (Fsp3) is 0.476. The van der Waals surface area contributed by atoms with Crippen molar-refractivity contribution in [2.45, 2.75) is 39.5 Å². The van der Waals surface area contributed by atoms with Crippen molar-refractivity contribution in [3.05, 3.63) is 46.5 Å². The van der Waals surface area contributed by atoms with Crippen molar-refractivity contribution in [1.82, 2.24) is 14.7 Å². The molecular weight excluding hydrogens is 361 g/mol. The molecule has 1 aromatic heterocycles. The number of aliphatic carboxylic acids is 1. The van der Waals surface area contributed by atoms with E-state index in [2.05, 4.69) is 5.10 Å². The first-order valence-corrected chi connectivity index (χ1v) is 9.76. The van der Waals surface area contributed by atoms with Crippen LogP contribution < -0.4 is 0 Å². The lowest BCUT2D eigenvalue weighted by molar-refractivity contribution is -0.145. The van der Waals surface area contributed by atoms with Crippen LogP contribution in [0.5, 0.6) is 0 Å². The van der Waals surface area contributed by atoms with Gasteiger partial charge in [-0.3, -0.25) is 9.59 Å². The molecule has 0 radical (unpaired) electrons. The van der Waals surface area contributed by atoms with E-state index in [1.165, 1.54) is 6.07 Å². The van der Waals surface area contributed by atoms with Crippen molar-refractivity contribution in [2.24, 2.45) is 11.8 Å². The number of hydrogen-bond donors (Lipinski definition) is 1. The van der Waals surface area contributed by atoms with Gasteiger partial charge in [-0.2, -0.15) is 5.10 Å². The maximum Gasteiger partial charge on any atom is 0.306 e. The number of para-hydroxylation sites is 1. The van der Waals surface area contributed by atoms with E-state index < -0.39 is 11.9 Å². The summed E-state index contributed by atoms with van der Waals surface area (Å²) in [7, 11) is 0. The largest absolute Gasteiger partial charge is 0.481 e. The third-order valence-electron chi connectivity index (χ3n) is 6.04. The van der Waals surface area contributed by atoms with E-state index in [9.17, 15) is 19.1 Å². The minimum absolute atomic E-state index is 0.112. The molecule has 1 fully saturated rings. The van der Waals surface area contributed by atoms with Gasteiger partial charge in [-0.05, 0) is 50.2 Å². The molecule has 4 rings (SSSR count). The number of carbonyl (C=O) groups excluding carboxylic acids is 1. The molecule has 28 heavy (non-hydrogen) atoms. The van der Waals surface area contributed by atoms with Gasteiger partial charge in [0.2, 0.25) is 0 Å². The van der Waals surface area contributed by atoms with E-state index in [0.717, 1.165) is 36.1 Å². The Morgan fingerprint density at radius 3 is 2.75 bits per heavy atom. The normalized spacial score (nSPS) is 21.6. The van der Waals surface area contributed by atoms with Gasteiger partial charge in [-0.25, -0.2) is 9.07 Å². The third kappa shape index (κ3) is 2.99. The summed E-state index contributed by atoms with van der Waals surface area (Å²) in [5.41, 5.74) is 3.37. The molecule has 0 bridgehead atoms. The van der Waals surface area contributed by atoms with Crippen LogP contribution in [0.15, 0.2) is 18.2 Å². The Bertz CT molecular complexity index is 932. The summed E-state index contributed by atoms with van der Waals surface area (Å²) in [6, 6.07) is 4.91. The van der Waals surface area contributed by atoms with Crippen molar-refractivity contribution in [2.75, 3.05) is 13.1 Å². The molecule has 148 valence electrons. The average Bonchev–Trinajstić information content (AvgIpc) is 3.24. The zero-order valence-corrected chi connectivity index (χ0v) is 16.1. The van der Waals surface area contributed by atoms with Gasteiger partial charge in [-0.15, -0.1) is 0 Å². The van der Waals surface area contributed by atoms with Gasteiger partial charge < -0.3 is 10.0 Å². The second kappa shape index (κ2) is 7.04. The number of carboxylic acid groups (broad SMARTS) is 1. The molecule has 1 amide bonds. The molecule has 1 aromatic carbocycles. The zero-order chi connectivity index (χ0) is 20.0. The Labute approximate surface area is 163 Å². The second-order valence-corrected chi connectivity index (χ2v) is 7.91. The van der Waals surface area contributed by atoms with Gasteiger partial charge in [-0.1, -0.05) is 19.1 Å². The van der Waals surface area contributed by atoms with Crippen LogP contribution in [-0.4, -0.2) is 44.8 Å². The van der Waals surface area contributed by atoms with Crippen LogP contribution in [0.3, 0.4) is 0 Å². The molecule has 0 saturated carbocycles. The van der Waals surface area contributed by atoms with Crippen molar-refractivity contribution < 1.29 is 19.1 Å². The lowest BCUT2D eigenvalue weighted by Gasteiger charge is -2.34. The minimum atomic E-state index is -0.806. The van der Waals surface area contributed by atoms with E-state index in [-0.39, 0.29) is 17.6 Å². The van der Waals surface area contributed by atoms with Crippen LogP contribution in [0, 0.1) is 24.6 Å². The van der Waals surface area contributed by atoms with Crippen molar-refractivity contribution in [3.63, 3.8) is 0 Å². The predicted molar refractivity (Wildman–Crippen MR) is 101 cm³/mol. The molecule has 0 spiro atoms. The van der Waals surface area contributed by atoms with E-state index in [1.807, 2.05) is 19.9 Å². The molecule has 2 aromatic rings. The van der Waals surface area contributed by atoms with E-state index in [4.69, 9.17) is 0 Å². The topological polar surface area (TPSA) is 75.4 Å². The highest BCUT2D eigenvalue weighted by atomic mass is 19.1. The number of hydrogen-bond acceptors (Lipinski definition) is 3. The number of amides is 1. The number of likely N-dealkylation sites (tertiary alicyclic amines) is 1. The van der Waals surface area contributed by atoms with Crippen LogP contribution in [0.25, 0.3) is 5.69 Å². The summed E-state index contributed by atoms with van der Waals surface area (Å²) in [5.74, 6) is -1.87. The van der Waals surface area contributed by atoms with Crippen molar-refractivity contribution in [3.8, 4) is 5.69 Å². The Kier molecular flexibility index (Phi) is 4.69. The van der Waals surface area contributed by atoms with Crippen molar-refractivity contribution in [1.29, 1.82) is 0 Å². The smallest absolute Gasteiger partial charge is 0.306 e. The second-order valence-electron chi connectivity index (χ2n) is 7.91. The summed E-state index contributed by atoms with van der Waals surface area (Å²) in [4.78, 5) is 26.2. The molecule has 6 nitrogen and oxygen atoms in total. The Balaban J connectivity index is 1.68. The van der Waals surface area contributed by atoms with Gasteiger partial charge in [0.05, 0.1) is 5.92 Å². The van der Waals surface area contributed by atoms with Gasteiger partial charge >= 0.3 is 5.97 Å². The zero-order valence-electron chi connectivity index (χ0n) is 16.1. The van der Waals surface area contributed by atoms with Crippen LogP contribution >= 0.6 is 0 Å². The molecular formula is C21H24FN3O3. The SMILES string of the molecule is Cc1cccc(F)c1-n1nc(C(=O)N2CCC(C(=O)O)C(C)C2)c2c1CCC2. The molecule has 1 aliphatic heterocycles. The van der Waals surface area contributed by atoms with Crippen LogP contribution in [0.1, 0.15) is 47.1 Å². The van der Waals surface area contributed by atoms with Gasteiger partial charge in [0, 0.05) is 24.3 Å². The number of aromatic nitrogens is 2. The number of nitrogens with zero attached hydrogens (tertiary/aromatic N) is 3. The first kappa shape index (κ1) is 18.7. The number of benzene rings is 1. The number of fused-ring (bicyclic) bond motifs is 1. The fourth-order valence-corrected chi connectivity index (χ4v) is 4.53. The van der Waals surface area contributed by atoms with Crippen LogP contribution in [0.4, 0.5) is 4.39 Å². The summed E-state index contributed by atoms with van der Waals surface area (Å²) >= 11 is 0. The molecule has 2 heterocycles. The molecule has 2 atom stereocenters. The third-order valence-corrected chi connectivity index (χ3v) is 6.04. The number of carbonyl (C=O) groups is 2. The number of piperidine rings is 1. The highest BCUT2D eigenvalue weighted by Crippen LogP contribution is 2.32. The van der Waals surface area contributed by atoms with Crippen LogP contribution in [0.2, 0.25) is 0 Å². The standard InChI is InChI=1S/C21H24FN3O3/c1-12-5-3-7-16(22)19(12)25-17-8-4-6-15(17)18(23-25)20(26)24-10-9-14(21(27)28)13(2)11-24/h3,5,7,13-14H,4,6,8-11H2,1-2H3,(H,27,28). The highest BCUT2D eigenvalue weighted by molar-refractivity contribution is 5.94. The van der Waals surface area contributed by atoms with Gasteiger partial charge in [0.15, 0.2) is 5.69 Å². The monoisotopic (exact) mass is 385 g/mol. The van der Waals surface area contributed by atoms with E-state index >= 15 is 0 Å². The summed E-state index contributed by atoms with van der Waals surface area (Å²) in [6.07, 6.45) is 2.88. The van der Waals surface area contributed by atoms with E-state index in [0.29, 0.717) is 30.9 Å². The number of rotatable bonds is 3. The molecule has 1 saturated heterocycles. The maximum absolute atomic E-state index is 14.5. The summed E-state index contributed by atoms with van der Waals surface area (Å²) in [5, 5.41) is 13.9. The van der Waals surface area contributed by atoms with Crippen molar-refractivity contribution >= 4 is 11.9 Å².